The van der Waals surface area contributed by atoms with E-state index in [0.29, 0.717) is 27.6 Å². The highest BCUT2D eigenvalue weighted by Crippen LogP contribution is 2.28. The molecule has 0 fully saturated rings. The maximum Gasteiger partial charge on any atom is 0.343 e. The molecule has 2 N–H and O–H groups in total. The SMILES string of the molecule is COc1cc(/C=N/NC(=O)C(=O)Nc2cccc(Cl)c2)ccc1OC(=O)c1cccc(C)c1. The predicted octanol–water partition coefficient (Wildman–Crippen LogP) is 3.97. The molecule has 0 heterocycles. The first-order valence-electron chi connectivity index (χ1n) is 9.72. The van der Waals surface area contributed by atoms with E-state index in [9.17, 15) is 14.4 Å². The van der Waals surface area contributed by atoms with Gasteiger partial charge >= 0.3 is 17.8 Å². The molecule has 0 unspecified atom stereocenters. The topological polar surface area (TPSA) is 106 Å². The third-order valence-electron chi connectivity index (χ3n) is 4.31. The minimum atomic E-state index is -0.957. The number of hydrazone groups is 1. The summed E-state index contributed by atoms with van der Waals surface area (Å²) in [4.78, 5) is 36.3. The van der Waals surface area contributed by atoms with Gasteiger partial charge in [0.15, 0.2) is 11.5 Å². The minimum Gasteiger partial charge on any atom is -0.493 e. The second-order valence-electron chi connectivity index (χ2n) is 6.83. The zero-order valence-electron chi connectivity index (χ0n) is 17.8. The summed E-state index contributed by atoms with van der Waals surface area (Å²) >= 11 is 5.85. The Morgan fingerprint density at radius 2 is 1.73 bits per heavy atom. The van der Waals surface area contributed by atoms with Gasteiger partial charge in [-0.15, -0.1) is 0 Å². The maximum absolute atomic E-state index is 12.4. The number of aryl methyl sites for hydroxylation is 1. The molecule has 0 radical (unpaired) electrons. The highest BCUT2D eigenvalue weighted by atomic mass is 35.5. The Bertz CT molecular complexity index is 1230. The van der Waals surface area contributed by atoms with Crippen molar-refractivity contribution < 1.29 is 23.9 Å². The van der Waals surface area contributed by atoms with Crippen molar-refractivity contribution in [2.45, 2.75) is 6.92 Å². The van der Waals surface area contributed by atoms with E-state index in [4.69, 9.17) is 21.1 Å². The summed E-state index contributed by atoms with van der Waals surface area (Å²) in [7, 11) is 1.43. The van der Waals surface area contributed by atoms with Crippen molar-refractivity contribution in [3.05, 3.63) is 88.4 Å². The summed E-state index contributed by atoms with van der Waals surface area (Å²) in [5.41, 5.74) is 4.41. The first-order chi connectivity index (χ1) is 15.9. The van der Waals surface area contributed by atoms with Gasteiger partial charge in [-0.1, -0.05) is 35.4 Å². The number of amides is 2. The third kappa shape index (κ3) is 6.65. The summed E-state index contributed by atoms with van der Waals surface area (Å²) in [6.45, 7) is 1.88. The monoisotopic (exact) mass is 465 g/mol. The average molecular weight is 466 g/mol. The van der Waals surface area contributed by atoms with Crippen LogP contribution in [0.15, 0.2) is 71.8 Å². The molecule has 0 saturated carbocycles. The number of benzene rings is 3. The van der Waals surface area contributed by atoms with E-state index in [1.807, 2.05) is 13.0 Å². The van der Waals surface area contributed by atoms with Gasteiger partial charge in [0, 0.05) is 10.7 Å². The molecule has 168 valence electrons. The van der Waals surface area contributed by atoms with E-state index in [0.717, 1.165) is 5.56 Å². The second kappa shape index (κ2) is 10.9. The molecule has 3 aromatic rings. The molecule has 0 aliphatic heterocycles. The van der Waals surface area contributed by atoms with Gasteiger partial charge in [0.25, 0.3) is 0 Å². The molecule has 0 aliphatic rings. The van der Waals surface area contributed by atoms with Crippen molar-refractivity contribution in [3.8, 4) is 11.5 Å². The van der Waals surface area contributed by atoms with Crippen LogP contribution < -0.4 is 20.2 Å². The summed E-state index contributed by atoms with van der Waals surface area (Å²) in [6.07, 6.45) is 1.32. The van der Waals surface area contributed by atoms with Gasteiger partial charge in [0.1, 0.15) is 0 Å². The Morgan fingerprint density at radius 1 is 0.939 bits per heavy atom. The van der Waals surface area contributed by atoms with Gasteiger partial charge in [0.2, 0.25) is 0 Å². The highest BCUT2D eigenvalue weighted by Gasteiger charge is 2.14. The number of hydrogen-bond acceptors (Lipinski definition) is 6. The molecule has 2 amide bonds. The van der Waals surface area contributed by atoms with Crippen LogP contribution in [0.4, 0.5) is 5.69 Å². The smallest absolute Gasteiger partial charge is 0.343 e. The molecule has 0 aliphatic carbocycles. The highest BCUT2D eigenvalue weighted by molar-refractivity contribution is 6.39. The number of rotatable bonds is 6. The van der Waals surface area contributed by atoms with Gasteiger partial charge in [-0.25, -0.2) is 10.2 Å². The molecular weight excluding hydrogens is 446 g/mol. The van der Waals surface area contributed by atoms with Gasteiger partial charge in [-0.05, 0) is 61.0 Å². The normalized spacial score (nSPS) is 10.5. The fourth-order valence-electron chi connectivity index (χ4n) is 2.75. The molecule has 0 spiro atoms. The summed E-state index contributed by atoms with van der Waals surface area (Å²) < 4.78 is 10.7. The van der Waals surface area contributed by atoms with Crippen LogP contribution in [-0.2, 0) is 9.59 Å². The van der Waals surface area contributed by atoms with Crippen LogP contribution in [0.1, 0.15) is 21.5 Å². The first-order valence-corrected chi connectivity index (χ1v) is 10.1. The summed E-state index contributed by atoms with van der Waals surface area (Å²) in [5.74, 6) is -1.85. The first kappa shape index (κ1) is 23.5. The van der Waals surface area contributed by atoms with E-state index in [1.54, 1.807) is 54.6 Å². The lowest BCUT2D eigenvalue weighted by atomic mass is 10.1. The average Bonchev–Trinajstić information content (AvgIpc) is 2.79. The van der Waals surface area contributed by atoms with Crippen LogP contribution in [-0.4, -0.2) is 31.1 Å². The number of nitrogens with zero attached hydrogens (tertiary/aromatic N) is 1. The number of halogens is 1. The zero-order valence-corrected chi connectivity index (χ0v) is 18.6. The van der Waals surface area contributed by atoms with Crippen molar-refractivity contribution in [1.82, 2.24) is 5.43 Å². The molecule has 0 saturated heterocycles. The van der Waals surface area contributed by atoms with Gasteiger partial charge < -0.3 is 14.8 Å². The standard InChI is InChI=1S/C24H20ClN3O5/c1-15-5-3-6-17(11-15)24(31)33-20-10-9-16(12-21(20)32-2)14-26-28-23(30)22(29)27-19-8-4-7-18(25)13-19/h3-14H,1-2H3,(H,27,29)(H,28,30)/b26-14+. The van der Waals surface area contributed by atoms with Crippen molar-refractivity contribution in [2.24, 2.45) is 5.10 Å². The quantitative estimate of drug-likeness (QED) is 0.188. The van der Waals surface area contributed by atoms with Crippen LogP contribution in [0.2, 0.25) is 5.02 Å². The Labute approximate surface area is 195 Å². The van der Waals surface area contributed by atoms with E-state index >= 15 is 0 Å². The number of nitrogens with one attached hydrogen (secondary N) is 2. The molecule has 0 aromatic heterocycles. The van der Waals surface area contributed by atoms with Gasteiger partial charge in [-0.2, -0.15) is 5.10 Å². The lowest BCUT2D eigenvalue weighted by Gasteiger charge is -2.10. The van der Waals surface area contributed by atoms with E-state index in [2.05, 4.69) is 15.8 Å². The van der Waals surface area contributed by atoms with Gasteiger partial charge in [-0.3, -0.25) is 9.59 Å². The van der Waals surface area contributed by atoms with Crippen LogP contribution >= 0.6 is 11.6 Å². The Hall–Kier alpha value is -4.17. The second-order valence-corrected chi connectivity index (χ2v) is 7.27. The number of esters is 1. The third-order valence-corrected chi connectivity index (χ3v) is 4.55. The Balaban J connectivity index is 1.61. The largest absolute Gasteiger partial charge is 0.493 e. The van der Waals surface area contributed by atoms with E-state index < -0.39 is 17.8 Å². The Morgan fingerprint density at radius 3 is 2.45 bits per heavy atom. The van der Waals surface area contributed by atoms with Crippen LogP contribution in [0, 0.1) is 6.92 Å². The number of methoxy groups -OCH3 is 1. The predicted molar refractivity (Wildman–Crippen MR) is 125 cm³/mol. The van der Waals surface area contributed by atoms with Crippen LogP contribution in [0.25, 0.3) is 0 Å². The van der Waals surface area contributed by atoms with Gasteiger partial charge in [0.05, 0.1) is 18.9 Å². The number of carbonyl (C=O) groups is 3. The summed E-state index contributed by atoms with van der Waals surface area (Å²) in [5, 5.41) is 6.61. The summed E-state index contributed by atoms with van der Waals surface area (Å²) in [6, 6.07) is 18.2. The molecule has 0 bridgehead atoms. The fourth-order valence-corrected chi connectivity index (χ4v) is 2.94. The molecule has 3 aromatic carbocycles. The number of ether oxygens (including phenoxy) is 2. The van der Waals surface area contributed by atoms with Crippen LogP contribution in [0.3, 0.4) is 0 Å². The maximum atomic E-state index is 12.4. The lowest BCUT2D eigenvalue weighted by Crippen LogP contribution is -2.32. The minimum absolute atomic E-state index is 0.228. The molecule has 8 nitrogen and oxygen atoms in total. The van der Waals surface area contributed by atoms with Crippen molar-refractivity contribution >= 4 is 41.3 Å². The zero-order chi connectivity index (χ0) is 23.8. The lowest BCUT2D eigenvalue weighted by molar-refractivity contribution is -0.136. The van der Waals surface area contributed by atoms with Crippen molar-refractivity contribution in [2.75, 3.05) is 12.4 Å². The van der Waals surface area contributed by atoms with Crippen LogP contribution in [0.5, 0.6) is 11.5 Å². The van der Waals surface area contributed by atoms with E-state index in [-0.39, 0.29) is 5.75 Å². The van der Waals surface area contributed by atoms with E-state index in [1.165, 1.54) is 19.4 Å². The number of hydrogen-bond donors (Lipinski definition) is 2. The molecule has 3 rings (SSSR count). The Kier molecular flexibility index (Phi) is 7.77. The van der Waals surface area contributed by atoms with Crippen molar-refractivity contribution in [1.29, 1.82) is 0 Å². The van der Waals surface area contributed by atoms with Crippen molar-refractivity contribution in [3.63, 3.8) is 0 Å². The molecular formula is C24H20ClN3O5. The molecule has 9 heteroatoms. The number of carbonyl (C=O) groups excluding carboxylic acids is 3. The fraction of sp³-hybridized carbons (Fsp3) is 0.0833. The molecule has 0 atom stereocenters. The molecule has 33 heavy (non-hydrogen) atoms. The number of anilines is 1.